The molecule has 0 aliphatic carbocycles. The monoisotopic (exact) mass is 185 g/mol. The highest BCUT2D eigenvalue weighted by Gasteiger charge is 2.28. The zero-order valence-electron chi connectivity index (χ0n) is 6.68. The predicted octanol–water partition coefficient (Wildman–Crippen LogP) is 2.64. The summed E-state index contributed by atoms with van der Waals surface area (Å²) >= 11 is 3.59. The lowest BCUT2D eigenvalue weighted by Gasteiger charge is -2.29. The van der Waals surface area contributed by atoms with Crippen LogP contribution in [0.15, 0.2) is 15.7 Å². The highest BCUT2D eigenvalue weighted by molar-refractivity contribution is 7.99. The lowest BCUT2D eigenvalue weighted by Crippen LogP contribution is -2.32. The molecule has 0 atom stereocenters. The molecule has 1 aliphatic heterocycles. The molecular weight excluding hydrogens is 174 g/mol. The van der Waals surface area contributed by atoms with E-state index in [4.69, 9.17) is 0 Å². The third kappa shape index (κ3) is 1.21. The smallest absolute Gasteiger partial charge is 0.0789 e. The van der Waals surface area contributed by atoms with Gasteiger partial charge >= 0.3 is 0 Å². The van der Waals surface area contributed by atoms with Gasteiger partial charge in [-0.1, -0.05) is 13.8 Å². The first-order valence-corrected chi connectivity index (χ1v) is 5.37. The van der Waals surface area contributed by atoms with Crippen molar-refractivity contribution in [3.8, 4) is 0 Å². The molecule has 2 heterocycles. The number of thiophene rings is 1. The molecule has 0 spiro atoms. The molecule has 0 fully saturated rings. The van der Waals surface area contributed by atoms with Gasteiger partial charge in [-0.05, 0) is 29.0 Å². The molecule has 1 N–H and O–H groups in total. The summed E-state index contributed by atoms with van der Waals surface area (Å²) in [4.78, 5) is 0. The maximum atomic E-state index is 3.34. The van der Waals surface area contributed by atoms with Gasteiger partial charge in [0.25, 0.3) is 0 Å². The fourth-order valence-electron chi connectivity index (χ4n) is 1.25. The average molecular weight is 185 g/mol. The summed E-state index contributed by atoms with van der Waals surface area (Å²) in [6, 6.07) is 2.24. The summed E-state index contributed by atoms with van der Waals surface area (Å²) in [6.07, 6.45) is 0. The van der Waals surface area contributed by atoms with Gasteiger partial charge in [0.2, 0.25) is 0 Å². The minimum atomic E-state index is 0.320. The van der Waals surface area contributed by atoms with Crippen molar-refractivity contribution in [2.45, 2.75) is 23.5 Å². The van der Waals surface area contributed by atoms with Crippen LogP contribution in [0.5, 0.6) is 0 Å². The Morgan fingerprint density at radius 1 is 1.55 bits per heavy atom. The largest absolute Gasteiger partial charge is 0.258 e. The summed E-state index contributed by atoms with van der Waals surface area (Å²) < 4.78 is 4.78. The molecule has 11 heavy (non-hydrogen) atoms. The van der Waals surface area contributed by atoms with E-state index in [1.807, 2.05) is 11.3 Å². The molecule has 0 unspecified atom stereocenters. The second-order valence-electron chi connectivity index (χ2n) is 3.43. The summed E-state index contributed by atoms with van der Waals surface area (Å²) in [5.41, 5.74) is 1.83. The topological polar surface area (TPSA) is 12.0 Å². The van der Waals surface area contributed by atoms with Crippen LogP contribution in [0.25, 0.3) is 0 Å². The van der Waals surface area contributed by atoms with Gasteiger partial charge in [0, 0.05) is 12.0 Å². The molecule has 0 aromatic carbocycles. The molecule has 60 valence electrons. The molecule has 0 saturated carbocycles. The van der Waals surface area contributed by atoms with Gasteiger partial charge < -0.3 is 0 Å². The summed E-state index contributed by atoms with van der Waals surface area (Å²) in [7, 11) is 0. The molecule has 0 radical (unpaired) electrons. The molecule has 3 heteroatoms. The van der Waals surface area contributed by atoms with Crippen LogP contribution in [0.4, 0.5) is 0 Å². The van der Waals surface area contributed by atoms with Gasteiger partial charge in [0.05, 0.1) is 4.21 Å². The van der Waals surface area contributed by atoms with Crippen molar-refractivity contribution in [2.75, 3.05) is 6.54 Å². The molecule has 1 nitrogen and oxygen atoms in total. The zero-order valence-corrected chi connectivity index (χ0v) is 8.31. The Morgan fingerprint density at radius 3 is 3.09 bits per heavy atom. The minimum absolute atomic E-state index is 0.320. The molecular formula is C8H11NS2. The van der Waals surface area contributed by atoms with Gasteiger partial charge in [-0.3, -0.25) is 4.72 Å². The molecule has 0 bridgehead atoms. The van der Waals surface area contributed by atoms with Crippen LogP contribution in [0.2, 0.25) is 0 Å². The van der Waals surface area contributed by atoms with Crippen molar-refractivity contribution >= 4 is 23.3 Å². The van der Waals surface area contributed by atoms with Crippen LogP contribution < -0.4 is 4.72 Å². The van der Waals surface area contributed by atoms with Crippen LogP contribution >= 0.6 is 23.3 Å². The van der Waals surface area contributed by atoms with Crippen molar-refractivity contribution in [1.29, 1.82) is 0 Å². The first kappa shape index (κ1) is 7.65. The summed E-state index contributed by atoms with van der Waals surface area (Å²) in [5.74, 6) is 0. The second-order valence-corrected chi connectivity index (χ2v) is 5.50. The van der Waals surface area contributed by atoms with Crippen LogP contribution in [0, 0.1) is 0 Å². The van der Waals surface area contributed by atoms with Crippen LogP contribution in [-0.2, 0) is 5.41 Å². The number of fused-ring (bicyclic) bond motifs is 1. The number of hydrogen-bond donors (Lipinski definition) is 1. The second kappa shape index (κ2) is 2.51. The van der Waals surface area contributed by atoms with E-state index in [2.05, 4.69) is 30.0 Å². The van der Waals surface area contributed by atoms with Gasteiger partial charge in [0.15, 0.2) is 0 Å². The Balaban J connectivity index is 2.48. The van der Waals surface area contributed by atoms with Gasteiger partial charge in [-0.2, -0.15) is 0 Å². The Hall–Kier alpha value is 0.0100. The van der Waals surface area contributed by atoms with Gasteiger partial charge in [-0.25, -0.2) is 0 Å². The van der Waals surface area contributed by atoms with Crippen molar-refractivity contribution in [1.82, 2.24) is 4.72 Å². The van der Waals surface area contributed by atoms with E-state index in [0.717, 1.165) is 6.54 Å². The summed E-state index contributed by atoms with van der Waals surface area (Å²) in [6.45, 7) is 5.64. The number of rotatable bonds is 0. The molecule has 2 rings (SSSR count). The third-order valence-electron chi connectivity index (χ3n) is 2.04. The Morgan fingerprint density at radius 2 is 2.36 bits per heavy atom. The third-order valence-corrected chi connectivity index (χ3v) is 3.98. The van der Waals surface area contributed by atoms with Gasteiger partial charge in [-0.15, -0.1) is 11.3 Å². The first-order valence-electron chi connectivity index (χ1n) is 3.68. The molecule has 0 amide bonds. The van der Waals surface area contributed by atoms with E-state index in [1.165, 1.54) is 9.77 Å². The van der Waals surface area contributed by atoms with Crippen molar-refractivity contribution < 1.29 is 0 Å². The normalized spacial score (nSPS) is 21.3. The Bertz CT molecular complexity index is 265. The lowest BCUT2D eigenvalue weighted by molar-refractivity contribution is 0.508. The number of nitrogens with one attached hydrogen (secondary N) is 1. The molecule has 1 aromatic heterocycles. The minimum Gasteiger partial charge on any atom is -0.258 e. The quantitative estimate of drug-likeness (QED) is 0.624. The SMILES string of the molecule is CC1(C)CNSc2sccc21. The fraction of sp³-hybridized carbons (Fsp3) is 0.500. The van der Waals surface area contributed by atoms with Gasteiger partial charge in [0.1, 0.15) is 0 Å². The molecule has 1 aromatic rings. The van der Waals surface area contributed by atoms with Crippen LogP contribution in [0.1, 0.15) is 19.4 Å². The van der Waals surface area contributed by atoms with E-state index >= 15 is 0 Å². The van der Waals surface area contributed by atoms with E-state index in [1.54, 1.807) is 11.9 Å². The van der Waals surface area contributed by atoms with Crippen molar-refractivity contribution in [3.63, 3.8) is 0 Å². The van der Waals surface area contributed by atoms with Crippen molar-refractivity contribution in [3.05, 3.63) is 17.0 Å². The van der Waals surface area contributed by atoms with E-state index in [-0.39, 0.29) is 0 Å². The standard InChI is InChI=1S/C8H11NS2/c1-8(2)5-9-11-7-6(8)3-4-10-7/h3-4,9H,5H2,1-2H3. The van der Waals surface area contributed by atoms with E-state index in [0.29, 0.717) is 5.41 Å². The highest BCUT2D eigenvalue weighted by Crippen LogP contribution is 2.39. The summed E-state index contributed by atoms with van der Waals surface area (Å²) in [5, 5.41) is 2.17. The van der Waals surface area contributed by atoms with E-state index < -0.39 is 0 Å². The van der Waals surface area contributed by atoms with Crippen LogP contribution in [-0.4, -0.2) is 6.54 Å². The molecule has 0 saturated heterocycles. The highest BCUT2D eigenvalue weighted by atomic mass is 32.2. The zero-order chi connectivity index (χ0) is 7.90. The lowest BCUT2D eigenvalue weighted by atomic mass is 9.87. The van der Waals surface area contributed by atoms with Crippen LogP contribution in [0.3, 0.4) is 0 Å². The first-order chi connectivity index (χ1) is 5.20. The molecule has 1 aliphatic rings. The maximum Gasteiger partial charge on any atom is 0.0789 e. The maximum absolute atomic E-state index is 3.34. The predicted molar refractivity (Wildman–Crippen MR) is 51.2 cm³/mol. The Kier molecular flexibility index (Phi) is 1.74. The Labute approximate surface area is 75.3 Å². The average Bonchev–Trinajstić information content (AvgIpc) is 2.34. The number of hydrogen-bond acceptors (Lipinski definition) is 3. The fourth-order valence-corrected chi connectivity index (χ4v) is 3.61. The van der Waals surface area contributed by atoms with E-state index in [9.17, 15) is 0 Å². The van der Waals surface area contributed by atoms with Crippen molar-refractivity contribution in [2.24, 2.45) is 0 Å².